The summed E-state index contributed by atoms with van der Waals surface area (Å²) in [5.41, 5.74) is 7.36. The predicted molar refractivity (Wildman–Crippen MR) is 68.4 cm³/mol. The van der Waals surface area contributed by atoms with Crippen LogP contribution in [0.4, 0.5) is 0 Å². The van der Waals surface area contributed by atoms with Crippen LogP contribution in [0.1, 0.15) is 36.8 Å². The van der Waals surface area contributed by atoms with Gasteiger partial charge in [-0.25, -0.2) is 0 Å². The first-order valence-electron chi connectivity index (χ1n) is 6.16. The molecule has 2 rings (SSSR count). The molecule has 1 aliphatic carbocycles. The van der Waals surface area contributed by atoms with E-state index in [2.05, 4.69) is 11.4 Å². The van der Waals surface area contributed by atoms with Crippen molar-refractivity contribution in [3.63, 3.8) is 0 Å². The highest BCUT2D eigenvalue weighted by atomic mass is 16.1. The molecule has 0 spiro atoms. The quantitative estimate of drug-likeness (QED) is 0.840. The van der Waals surface area contributed by atoms with E-state index in [9.17, 15) is 4.79 Å². The van der Waals surface area contributed by atoms with Crippen LogP contribution in [0.5, 0.6) is 0 Å². The second kappa shape index (κ2) is 5.19. The van der Waals surface area contributed by atoms with Crippen LogP contribution in [0.25, 0.3) is 0 Å². The molecule has 0 radical (unpaired) electrons. The largest absolute Gasteiger partial charge is 0.352 e. The first kappa shape index (κ1) is 12.6. The van der Waals surface area contributed by atoms with Gasteiger partial charge in [0.15, 0.2) is 0 Å². The van der Waals surface area contributed by atoms with Gasteiger partial charge in [-0.05, 0) is 37.0 Å². The number of rotatable bonds is 4. The number of nitrogens with zero attached hydrogens (tertiary/aromatic N) is 1. The average molecular weight is 243 g/mol. The molecule has 1 amide bonds. The number of carbonyl (C=O) groups excluding carboxylic acids is 1. The molecule has 1 aliphatic rings. The lowest BCUT2D eigenvalue weighted by atomic mass is 9.75. The topological polar surface area (TPSA) is 78.9 Å². The van der Waals surface area contributed by atoms with Crippen LogP contribution < -0.4 is 11.1 Å². The Hall–Kier alpha value is -1.86. The number of nitriles is 1. The highest BCUT2D eigenvalue weighted by Crippen LogP contribution is 2.31. The molecule has 4 nitrogen and oxygen atoms in total. The molecule has 0 atom stereocenters. The van der Waals surface area contributed by atoms with Gasteiger partial charge in [-0.3, -0.25) is 4.79 Å². The fourth-order valence-electron chi connectivity index (χ4n) is 2.09. The predicted octanol–water partition coefficient (Wildman–Crippen LogP) is 1.45. The Morgan fingerprint density at radius 1 is 1.39 bits per heavy atom. The lowest BCUT2D eigenvalue weighted by Crippen LogP contribution is -2.49. The third-order valence-electron chi connectivity index (χ3n) is 3.43. The number of nitrogens with two attached hydrogens (primary N) is 1. The van der Waals surface area contributed by atoms with Gasteiger partial charge in [-0.15, -0.1) is 0 Å². The lowest BCUT2D eigenvalue weighted by Gasteiger charge is -2.37. The summed E-state index contributed by atoms with van der Waals surface area (Å²) in [5, 5.41) is 11.5. The molecule has 4 heteroatoms. The van der Waals surface area contributed by atoms with Gasteiger partial charge in [-0.2, -0.15) is 5.26 Å². The molecule has 1 fully saturated rings. The minimum Gasteiger partial charge on any atom is -0.352 e. The summed E-state index contributed by atoms with van der Waals surface area (Å²) in [4.78, 5) is 11.7. The van der Waals surface area contributed by atoms with Crippen LogP contribution in [0, 0.1) is 11.3 Å². The van der Waals surface area contributed by atoms with Crippen molar-refractivity contribution in [3.05, 3.63) is 35.4 Å². The SMILES string of the molecule is N#Cc1ccc(CNC(=O)CC2(N)CCC2)cc1. The Bertz CT molecular complexity index is 469. The van der Waals surface area contributed by atoms with Crippen LogP contribution in [-0.4, -0.2) is 11.4 Å². The standard InChI is InChI=1S/C14H17N3O/c15-9-11-2-4-12(5-3-11)10-17-13(18)8-14(16)6-1-7-14/h2-5H,1,6-8,10,16H2,(H,17,18). The van der Waals surface area contributed by atoms with E-state index in [0.29, 0.717) is 18.5 Å². The molecule has 0 aliphatic heterocycles. The molecule has 1 aromatic carbocycles. The van der Waals surface area contributed by atoms with Crippen molar-refractivity contribution >= 4 is 5.91 Å². The molecule has 0 heterocycles. The van der Waals surface area contributed by atoms with Crippen molar-refractivity contribution in [3.8, 4) is 6.07 Å². The van der Waals surface area contributed by atoms with E-state index < -0.39 is 0 Å². The molecule has 3 N–H and O–H groups in total. The van der Waals surface area contributed by atoms with Gasteiger partial charge in [0, 0.05) is 18.5 Å². The minimum atomic E-state index is -0.269. The van der Waals surface area contributed by atoms with E-state index in [4.69, 9.17) is 11.0 Å². The van der Waals surface area contributed by atoms with E-state index in [1.54, 1.807) is 12.1 Å². The molecule has 1 saturated carbocycles. The zero-order valence-corrected chi connectivity index (χ0v) is 10.3. The summed E-state index contributed by atoms with van der Waals surface area (Å²) < 4.78 is 0. The van der Waals surface area contributed by atoms with Crippen LogP contribution in [0.2, 0.25) is 0 Å². The number of hydrogen-bond donors (Lipinski definition) is 2. The molecule has 94 valence electrons. The smallest absolute Gasteiger partial charge is 0.222 e. The van der Waals surface area contributed by atoms with Gasteiger partial charge >= 0.3 is 0 Å². The Morgan fingerprint density at radius 3 is 2.56 bits per heavy atom. The Balaban J connectivity index is 1.80. The number of benzene rings is 1. The zero-order valence-electron chi connectivity index (χ0n) is 10.3. The van der Waals surface area contributed by atoms with E-state index in [0.717, 1.165) is 24.8 Å². The summed E-state index contributed by atoms with van der Waals surface area (Å²) >= 11 is 0. The summed E-state index contributed by atoms with van der Waals surface area (Å²) in [6, 6.07) is 9.25. The molecular weight excluding hydrogens is 226 g/mol. The highest BCUT2D eigenvalue weighted by molar-refractivity contribution is 5.77. The third kappa shape index (κ3) is 3.08. The molecular formula is C14H17N3O. The summed E-state index contributed by atoms with van der Waals surface area (Å²) in [6.45, 7) is 0.487. The van der Waals surface area contributed by atoms with Crippen molar-refractivity contribution in [1.29, 1.82) is 5.26 Å². The van der Waals surface area contributed by atoms with Crippen LogP contribution in [0.15, 0.2) is 24.3 Å². The minimum absolute atomic E-state index is 0.00144. The second-order valence-corrected chi connectivity index (χ2v) is 4.98. The third-order valence-corrected chi connectivity index (χ3v) is 3.43. The fraction of sp³-hybridized carbons (Fsp3) is 0.429. The summed E-state index contributed by atoms with van der Waals surface area (Å²) in [5.74, 6) is 0.00144. The highest BCUT2D eigenvalue weighted by Gasteiger charge is 2.34. The Labute approximate surface area is 107 Å². The molecule has 18 heavy (non-hydrogen) atoms. The van der Waals surface area contributed by atoms with Gasteiger partial charge in [-0.1, -0.05) is 12.1 Å². The van der Waals surface area contributed by atoms with Crippen molar-refractivity contribution in [1.82, 2.24) is 5.32 Å². The summed E-state index contributed by atoms with van der Waals surface area (Å²) in [7, 11) is 0. The number of hydrogen-bond acceptors (Lipinski definition) is 3. The van der Waals surface area contributed by atoms with Crippen LogP contribution in [-0.2, 0) is 11.3 Å². The van der Waals surface area contributed by atoms with E-state index in [1.807, 2.05) is 12.1 Å². The molecule has 0 saturated heterocycles. The first-order chi connectivity index (χ1) is 8.61. The number of carbonyl (C=O) groups is 1. The number of nitrogens with one attached hydrogen (secondary N) is 1. The van der Waals surface area contributed by atoms with Gasteiger partial charge < -0.3 is 11.1 Å². The van der Waals surface area contributed by atoms with Crippen molar-refractivity contribution in [2.45, 2.75) is 37.8 Å². The van der Waals surface area contributed by atoms with Crippen molar-refractivity contribution in [2.24, 2.45) is 5.73 Å². The van der Waals surface area contributed by atoms with Gasteiger partial charge in [0.25, 0.3) is 0 Å². The monoisotopic (exact) mass is 243 g/mol. The molecule has 0 aromatic heterocycles. The first-order valence-corrected chi connectivity index (χ1v) is 6.16. The summed E-state index contributed by atoms with van der Waals surface area (Å²) in [6.07, 6.45) is 3.41. The van der Waals surface area contributed by atoms with Crippen LogP contribution in [0.3, 0.4) is 0 Å². The van der Waals surface area contributed by atoms with E-state index in [-0.39, 0.29) is 11.4 Å². The number of amides is 1. The fourth-order valence-corrected chi connectivity index (χ4v) is 2.09. The molecule has 0 bridgehead atoms. The second-order valence-electron chi connectivity index (χ2n) is 4.98. The van der Waals surface area contributed by atoms with Gasteiger partial charge in [0.05, 0.1) is 11.6 Å². The molecule has 1 aromatic rings. The average Bonchev–Trinajstić information content (AvgIpc) is 2.35. The van der Waals surface area contributed by atoms with E-state index >= 15 is 0 Å². The van der Waals surface area contributed by atoms with E-state index in [1.165, 1.54) is 0 Å². The maximum absolute atomic E-state index is 11.7. The molecule has 0 unspecified atom stereocenters. The normalized spacial score (nSPS) is 16.4. The maximum atomic E-state index is 11.7. The lowest BCUT2D eigenvalue weighted by molar-refractivity contribution is -0.123. The Kier molecular flexibility index (Phi) is 3.63. The van der Waals surface area contributed by atoms with Gasteiger partial charge in [0.2, 0.25) is 5.91 Å². The Morgan fingerprint density at radius 2 is 2.06 bits per heavy atom. The van der Waals surface area contributed by atoms with Crippen molar-refractivity contribution in [2.75, 3.05) is 0 Å². The zero-order chi connectivity index (χ0) is 13.0. The van der Waals surface area contributed by atoms with Gasteiger partial charge in [0.1, 0.15) is 0 Å². The van der Waals surface area contributed by atoms with Crippen LogP contribution >= 0.6 is 0 Å². The van der Waals surface area contributed by atoms with Crippen molar-refractivity contribution < 1.29 is 4.79 Å². The maximum Gasteiger partial charge on any atom is 0.222 e.